The van der Waals surface area contributed by atoms with Crippen LogP contribution in [0.4, 0.5) is 18.9 Å². The number of imide groups is 1. The molecule has 0 N–H and O–H groups in total. The summed E-state index contributed by atoms with van der Waals surface area (Å²) < 4.78 is 49.8. The number of esters is 2. The maximum absolute atomic E-state index is 13.1. The largest absolute Gasteiger partial charge is 0.454 e. The molecule has 216 valence electrons. The number of carbonyl (C=O) groups excluding carboxylic acids is 5. The zero-order valence-corrected chi connectivity index (χ0v) is 22.3. The second kappa shape index (κ2) is 11.4. The van der Waals surface area contributed by atoms with Gasteiger partial charge in [-0.15, -0.1) is 0 Å². The van der Waals surface area contributed by atoms with Crippen molar-refractivity contribution in [2.45, 2.75) is 13.1 Å². The molecule has 0 fully saturated rings. The third-order valence-corrected chi connectivity index (χ3v) is 6.56. The van der Waals surface area contributed by atoms with Crippen LogP contribution in [0.2, 0.25) is 0 Å². The van der Waals surface area contributed by atoms with Gasteiger partial charge in [0.05, 0.1) is 33.5 Å². The molecule has 0 aromatic heterocycles. The molecule has 0 atom stereocenters. The molecule has 1 heterocycles. The van der Waals surface area contributed by atoms with Crippen LogP contribution in [0.5, 0.6) is 5.75 Å². The molecule has 2 amide bonds. The highest BCUT2D eigenvalue weighted by molar-refractivity contribution is 6.34. The van der Waals surface area contributed by atoms with Gasteiger partial charge in [0.1, 0.15) is 5.75 Å². The van der Waals surface area contributed by atoms with E-state index in [2.05, 4.69) is 0 Å². The van der Waals surface area contributed by atoms with Crippen LogP contribution in [0.1, 0.15) is 62.9 Å². The fraction of sp³-hybridized carbons (Fsp3) is 0.0938. The minimum atomic E-state index is -4.68. The summed E-state index contributed by atoms with van der Waals surface area (Å²) >= 11 is 0. The summed E-state index contributed by atoms with van der Waals surface area (Å²) in [6.45, 7) is 1.24. The Balaban J connectivity index is 1.22. The second-order valence-corrected chi connectivity index (χ2v) is 9.53. The molecule has 0 unspecified atom stereocenters. The molecule has 5 rings (SSSR count). The van der Waals surface area contributed by atoms with Crippen LogP contribution in [0.15, 0.2) is 91.0 Å². The molecule has 0 aliphatic carbocycles. The van der Waals surface area contributed by atoms with E-state index < -0.39 is 47.9 Å². The van der Waals surface area contributed by atoms with E-state index in [1.54, 1.807) is 24.3 Å². The molecule has 4 aromatic carbocycles. The summed E-state index contributed by atoms with van der Waals surface area (Å²) in [5, 5.41) is 0. The Morgan fingerprint density at radius 1 is 0.721 bits per heavy atom. The van der Waals surface area contributed by atoms with Gasteiger partial charge >= 0.3 is 18.1 Å². The van der Waals surface area contributed by atoms with Crippen molar-refractivity contribution in [1.82, 2.24) is 0 Å². The highest BCUT2D eigenvalue weighted by Crippen LogP contribution is 2.34. The van der Waals surface area contributed by atoms with Gasteiger partial charge in [0.2, 0.25) is 0 Å². The highest BCUT2D eigenvalue weighted by Gasteiger charge is 2.39. The number of ketones is 1. The lowest BCUT2D eigenvalue weighted by molar-refractivity contribution is -0.137. The summed E-state index contributed by atoms with van der Waals surface area (Å²) in [6, 6.07) is 19.7. The average molecular weight is 588 g/mol. The van der Waals surface area contributed by atoms with E-state index in [-0.39, 0.29) is 33.7 Å². The standard InChI is InChI=1S/C32H20F3NO7/c1-18-5-7-20(8-6-18)31(41)43-24-12-9-19(10-13-24)27(37)17-42-30(40)21-11-14-25-26(15-21)29(39)36(28(25)38)23-4-2-3-22(16-23)32(33,34)35/h2-16H,17H2,1H3. The molecule has 1 aliphatic rings. The molecule has 4 aromatic rings. The summed E-state index contributed by atoms with van der Waals surface area (Å²) in [5.74, 6) is -3.64. The minimum Gasteiger partial charge on any atom is -0.454 e. The summed E-state index contributed by atoms with van der Waals surface area (Å²) in [5.41, 5.74) is -0.220. The van der Waals surface area contributed by atoms with Crippen LogP contribution in [-0.2, 0) is 10.9 Å². The van der Waals surface area contributed by atoms with Crippen LogP contribution < -0.4 is 9.64 Å². The van der Waals surface area contributed by atoms with E-state index in [0.29, 0.717) is 16.5 Å². The van der Waals surface area contributed by atoms with E-state index in [1.807, 2.05) is 6.92 Å². The van der Waals surface area contributed by atoms with Gasteiger partial charge in [-0.3, -0.25) is 14.4 Å². The number of alkyl halides is 3. The zero-order valence-electron chi connectivity index (χ0n) is 22.3. The van der Waals surface area contributed by atoms with Crippen molar-refractivity contribution < 1.29 is 46.6 Å². The number of rotatable bonds is 7. The quantitative estimate of drug-likeness (QED) is 0.112. The van der Waals surface area contributed by atoms with Crippen molar-refractivity contribution in [2.24, 2.45) is 0 Å². The lowest BCUT2D eigenvalue weighted by atomic mass is 10.1. The molecular formula is C32H20F3NO7. The third kappa shape index (κ3) is 6.05. The molecule has 0 bridgehead atoms. The summed E-state index contributed by atoms with van der Waals surface area (Å²) in [4.78, 5) is 63.9. The Hall–Kier alpha value is -5.58. The number of anilines is 1. The number of nitrogens with zero attached hydrogens (tertiary/aromatic N) is 1. The first kappa shape index (κ1) is 28.9. The van der Waals surface area contributed by atoms with Gasteiger partial charge in [-0.2, -0.15) is 13.2 Å². The molecule has 0 spiro atoms. The van der Waals surface area contributed by atoms with Gasteiger partial charge in [0.15, 0.2) is 12.4 Å². The lowest BCUT2D eigenvalue weighted by Gasteiger charge is -2.16. The van der Waals surface area contributed by atoms with Crippen LogP contribution in [0.3, 0.4) is 0 Å². The van der Waals surface area contributed by atoms with E-state index in [0.717, 1.165) is 23.8 Å². The van der Waals surface area contributed by atoms with E-state index in [1.165, 1.54) is 42.5 Å². The smallest absolute Gasteiger partial charge is 0.416 e. The number of benzene rings is 4. The predicted molar refractivity (Wildman–Crippen MR) is 146 cm³/mol. The van der Waals surface area contributed by atoms with Gasteiger partial charge in [-0.1, -0.05) is 23.8 Å². The Kier molecular flexibility index (Phi) is 7.64. The van der Waals surface area contributed by atoms with Crippen LogP contribution in [0, 0.1) is 6.92 Å². The molecule has 0 saturated carbocycles. The fourth-order valence-electron chi connectivity index (χ4n) is 4.29. The number of halogens is 3. The highest BCUT2D eigenvalue weighted by atomic mass is 19.4. The number of carbonyl (C=O) groups is 5. The van der Waals surface area contributed by atoms with Crippen LogP contribution in [-0.4, -0.2) is 36.1 Å². The topological polar surface area (TPSA) is 107 Å². The fourth-order valence-corrected chi connectivity index (χ4v) is 4.29. The monoisotopic (exact) mass is 587 g/mol. The number of fused-ring (bicyclic) bond motifs is 1. The van der Waals surface area contributed by atoms with Crippen LogP contribution >= 0.6 is 0 Å². The Morgan fingerprint density at radius 3 is 2.02 bits per heavy atom. The normalized spacial score (nSPS) is 12.6. The second-order valence-electron chi connectivity index (χ2n) is 9.53. The third-order valence-electron chi connectivity index (χ3n) is 6.56. The van der Waals surface area contributed by atoms with Crippen LogP contribution in [0.25, 0.3) is 0 Å². The molecule has 11 heteroatoms. The van der Waals surface area contributed by atoms with Crippen molar-refractivity contribution in [2.75, 3.05) is 11.5 Å². The average Bonchev–Trinajstić information content (AvgIpc) is 3.24. The van der Waals surface area contributed by atoms with E-state index in [4.69, 9.17) is 9.47 Å². The number of ether oxygens (including phenoxy) is 2. The number of amides is 2. The molecule has 8 nitrogen and oxygen atoms in total. The SMILES string of the molecule is Cc1ccc(C(=O)Oc2ccc(C(=O)COC(=O)c3ccc4c(c3)C(=O)N(c3cccc(C(F)(F)F)c3)C4=O)cc2)cc1. The van der Waals surface area contributed by atoms with Gasteiger partial charge in [0, 0.05) is 5.56 Å². The first-order valence-electron chi connectivity index (χ1n) is 12.7. The number of aryl methyl sites for hydroxylation is 1. The molecule has 1 aliphatic heterocycles. The maximum Gasteiger partial charge on any atom is 0.416 e. The van der Waals surface area contributed by atoms with E-state index in [9.17, 15) is 37.1 Å². The molecule has 43 heavy (non-hydrogen) atoms. The first-order chi connectivity index (χ1) is 20.4. The van der Waals surface area contributed by atoms with E-state index >= 15 is 0 Å². The number of hydrogen-bond acceptors (Lipinski definition) is 7. The summed E-state index contributed by atoms with van der Waals surface area (Å²) in [7, 11) is 0. The number of Topliss-reactive ketones (excluding diaryl/α,β-unsaturated/α-hetero) is 1. The minimum absolute atomic E-state index is 0.0989. The summed E-state index contributed by atoms with van der Waals surface area (Å²) in [6.07, 6.45) is -4.68. The predicted octanol–water partition coefficient (Wildman–Crippen LogP) is 6.07. The first-order valence-corrected chi connectivity index (χ1v) is 12.7. The van der Waals surface area contributed by atoms with Gasteiger partial charge < -0.3 is 9.47 Å². The molecule has 0 radical (unpaired) electrons. The van der Waals surface area contributed by atoms with Crippen molar-refractivity contribution in [3.05, 3.63) is 130 Å². The van der Waals surface area contributed by atoms with Crippen molar-refractivity contribution in [1.29, 1.82) is 0 Å². The lowest BCUT2D eigenvalue weighted by Crippen LogP contribution is -2.29. The maximum atomic E-state index is 13.1. The Morgan fingerprint density at radius 2 is 1.35 bits per heavy atom. The van der Waals surface area contributed by atoms with Gasteiger partial charge in [-0.25, -0.2) is 14.5 Å². The molecule has 0 saturated heterocycles. The van der Waals surface area contributed by atoms with Crippen molar-refractivity contribution >= 4 is 35.2 Å². The Labute approximate surface area is 242 Å². The number of hydrogen-bond donors (Lipinski definition) is 0. The van der Waals surface area contributed by atoms with Gasteiger partial charge in [-0.05, 0) is 79.7 Å². The molecular weight excluding hydrogens is 567 g/mol. The zero-order chi connectivity index (χ0) is 30.9. The Bertz CT molecular complexity index is 1780. The van der Waals surface area contributed by atoms with Crippen molar-refractivity contribution in [3.8, 4) is 5.75 Å². The van der Waals surface area contributed by atoms with Crippen molar-refractivity contribution in [3.63, 3.8) is 0 Å². The van der Waals surface area contributed by atoms with Gasteiger partial charge in [0.25, 0.3) is 11.8 Å².